The van der Waals surface area contributed by atoms with Gasteiger partial charge in [0.05, 0.1) is 6.54 Å². The summed E-state index contributed by atoms with van der Waals surface area (Å²) >= 11 is 7.80. The van der Waals surface area contributed by atoms with Crippen LogP contribution in [-0.4, -0.2) is 39.7 Å². The summed E-state index contributed by atoms with van der Waals surface area (Å²) in [5.41, 5.74) is 0. The maximum Gasteiger partial charge on any atom is 0.145 e. The molecule has 1 aliphatic heterocycles. The standard InChI is InChI=1S/C14H18ClN3OS/c15-13-11-4-7-20-14(11)17-12(16-13)9-18-5-1-2-10(8-18)3-6-19/h4,7,10,19H,1-3,5-6,8-9H2. The van der Waals surface area contributed by atoms with Crippen molar-refractivity contribution in [3.8, 4) is 0 Å². The van der Waals surface area contributed by atoms with Crippen LogP contribution in [0.2, 0.25) is 5.15 Å². The minimum atomic E-state index is 0.280. The van der Waals surface area contributed by atoms with E-state index in [0.717, 1.165) is 42.1 Å². The van der Waals surface area contributed by atoms with Gasteiger partial charge in [-0.15, -0.1) is 11.3 Å². The number of hydrogen-bond acceptors (Lipinski definition) is 5. The Kier molecular flexibility index (Phi) is 4.51. The summed E-state index contributed by atoms with van der Waals surface area (Å²) in [6.07, 6.45) is 3.28. The molecule has 2 aromatic rings. The highest BCUT2D eigenvalue weighted by Gasteiger charge is 2.20. The highest BCUT2D eigenvalue weighted by molar-refractivity contribution is 7.16. The fraction of sp³-hybridized carbons (Fsp3) is 0.571. The third-order valence-electron chi connectivity index (χ3n) is 3.83. The third-order valence-corrected chi connectivity index (χ3v) is 4.93. The minimum Gasteiger partial charge on any atom is -0.396 e. The Labute approximate surface area is 127 Å². The number of thiophene rings is 1. The average molecular weight is 312 g/mol. The van der Waals surface area contributed by atoms with Gasteiger partial charge in [-0.25, -0.2) is 9.97 Å². The van der Waals surface area contributed by atoms with E-state index in [-0.39, 0.29) is 6.61 Å². The van der Waals surface area contributed by atoms with Gasteiger partial charge in [-0.3, -0.25) is 4.90 Å². The van der Waals surface area contributed by atoms with Gasteiger partial charge in [0.15, 0.2) is 0 Å². The number of hydrogen-bond donors (Lipinski definition) is 1. The van der Waals surface area contributed by atoms with Crippen LogP contribution in [0.3, 0.4) is 0 Å². The SMILES string of the molecule is OCCC1CCCN(Cc2nc(Cl)c3ccsc3n2)C1. The number of aromatic nitrogens is 2. The van der Waals surface area contributed by atoms with Gasteiger partial charge in [0.25, 0.3) is 0 Å². The first-order chi connectivity index (χ1) is 9.76. The van der Waals surface area contributed by atoms with E-state index in [1.54, 1.807) is 11.3 Å². The van der Waals surface area contributed by atoms with E-state index in [4.69, 9.17) is 16.7 Å². The maximum absolute atomic E-state index is 9.07. The number of aliphatic hydroxyl groups is 1. The molecule has 0 spiro atoms. The molecule has 0 aromatic carbocycles. The van der Waals surface area contributed by atoms with Crippen LogP contribution < -0.4 is 0 Å². The highest BCUT2D eigenvalue weighted by atomic mass is 35.5. The molecule has 20 heavy (non-hydrogen) atoms. The Morgan fingerprint density at radius 1 is 1.45 bits per heavy atom. The van der Waals surface area contributed by atoms with Crippen molar-refractivity contribution in [3.05, 3.63) is 22.4 Å². The second-order valence-corrected chi connectivity index (χ2v) is 6.58. The van der Waals surface area contributed by atoms with Crippen LogP contribution in [0.4, 0.5) is 0 Å². The molecule has 0 radical (unpaired) electrons. The molecule has 0 bridgehead atoms. The topological polar surface area (TPSA) is 49.2 Å². The summed E-state index contributed by atoms with van der Waals surface area (Å²) in [7, 11) is 0. The molecule has 3 heterocycles. The van der Waals surface area contributed by atoms with Crippen molar-refractivity contribution in [1.82, 2.24) is 14.9 Å². The van der Waals surface area contributed by atoms with Gasteiger partial charge in [-0.1, -0.05) is 11.6 Å². The predicted molar refractivity (Wildman–Crippen MR) is 82.1 cm³/mol. The highest BCUT2D eigenvalue weighted by Crippen LogP contribution is 2.26. The minimum absolute atomic E-state index is 0.280. The van der Waals surface area contributed by atoms with E-state index in [0.29, 0.717) is 11.1 Å². The van der Waals surface area contributed by atoms with Gasteiger partial charge in [0.1, 0.15) is 15.8 Å². The fourth-order valence-corrected chi connectivity index (χ4v) is 3.93. The molecule has 108 valence electrons. The van der Waals surface area contributed by atoms with Gasteiger partial charge in [0, 0.05) is 18.5 Å². The normalized spacial score (nSPS) is 20.6. The summed E-state index contributed by atoms with van der Waals surface area (Å²) in [6, 6.07) is 1.96. The van der Waals surface area contributed by atoms with Crippen LogP contribution in [0, 0.1) is 5.92 Å². The van der Waals surface area contributed by atoms with E-state index >= 15 is 0 Å². The number of nitrogens with zero attached hydrogens (tertiary/aromatic N) is 3. The Balaban J connectivity index is 1.72. The smallest absolute Gasteiger partial charge is 0.145 e. The number of halogens is 1. The van der Waals surface area contributed by atoms with Crippen LogP contribution in [-0.2, 0) is 6.54 Å². The monoisotopic (exact) mass is 311 g/mol. The van der Waals surface area contributed by atoms with E-state index in [2.05, 4.69) is 14.9 Å². The summed E-state index contributed by atoms with van der Waals surface area (Å²) < 4.78 is 0. The third kappa shape index (κ3) is 3.11. The summed E-state index contributed by atoms with van der Waals surface area (Å²) in [6.45, 7) is 3.12. The number of likely N-dealkylation sites (tertiary alicyclic amines) is 1. The maximum atomic E-state index is 9.07. The average Bonchev–Trinajstić information content (AvgIpc) is 2.88. The Hall–Kier alpha value is -0.750. The molecule has 0 saturated carbocycles. The van der Waals surface area contributed by atoms with Gasteiger partial charge in [0.2, 0.25) is 0 Å². The molecule has 0 aliphatic carbocycles. The number of piperidine rings is 1. The van der Waals surface area contributed by atoms with Crippen molar-refractivity contribution >= 4 is 33.2 Å². The lowest BCUT2D eigenvalue weighted by atomic mass is 9.95. The van der Waals surface area contributed by atoms with Crippen LogP contribution in [0.25, 0.3) is 10.2 Å². The van der Waals surface area contributed by atoms with E-state index in [9.17, 15) is 0 Å². The molecule has 4 nitrogen and oxygen atoms in total. The molecule has 6 heteroatoms. The molecule has 2 aromatic heterocycles. The first-order valence-electron chi connectivity index (χ1n) is 6.99. The van der Waals surface area contributed by atoms with Crippen molar-refractivity contribution in [1.29, 1.82) is 0 Å². The number of aliphatic hydroxyl groups excluding tert-OH is 1. The molecule has 1 saturated heterocycles. The largest absolute Gasteiger partial charge is 0.396 e. The second kappa shape index (κ2) is 6.35. The lowest BCUT2D eigenvalue weighted by Crippen LogP contribution is -2.35. The summed E-state index contributed by atoms with van der Waals surface area (Å²) in [5.74, 6) is 1.39. The fourth-order valence-electron chi connectivity index (χ4n) is 2.84. The van der Waals surface area contributed by atoms with Crippen LogP contribution in [0.1, 0.15) is 25.1 Å². The van der Waals surface area contributed by atoms with Gasteiger partial charge in [-0.05, 0) is 43.2 Å². The van der Waals surface area contributed by atoms with Gasteiger partial charge < -0.3 is 5.11 Å². The Morgan fingerprint density at radius 3 is 3.20 bits per heavy atom. The molecule has 1 fully saturated rings. The van der Waals surface area contributed by atoms with Crippen molar-refractivity contribution in [2.24, 2.45) is 5.92 Å². The molecule has 1 aliphatic rings. The van der Waals surface area contributed by atoms with Crippen LogP contribution in [0.15, 0.2) is 11.4 Å². The number of fused-ring (bicyclic) bond motifs is 1. The molecule has 1 atom stereocenters. The van der Waals surface area contributed by atoms with Crippen molar-refractivity contribution < 1.29 is 5.11 Å². The molecular weight excluding hydrogens is 294 g/mol. The first-order valence-corrected chi connectivity index (χ1v) is 8.25. The summed E-state index contributed by atoms with van der Waals surface area (Å²) in [5, 5.41) is 12.6. The second-order valence-electron chi connectivity index (χ2n) is 5.33. The van der Waals surface area contributed by atoms with E-state index in [1.165, 1.54) is 12.8 Å². The quantitative estimate of drug-likeness (QED) is 0.882. The van der Waals surface area contributed by atoms with Crippen molar-refractivity contribution in [2.75, 3.05) is 19.7 Å². The molecule has 1 unspecified atom stereocenters. The lowest BCUT2D eigenvalue weighted by Gasteiger charge is -2.31. The zero-order valence-electron chi connectivity index (χ0n) is 11.3. The van der Waals surface area contributed by atoms with Gasteiger partial charge >= 0.3 is 0 Å². The zero-order valence-corrected chi connectivity index (χ0v) is 12.8. The van der Waals surface area contributed by atoms with Crippen molar-refractivity contribution in [3.63, 3.8) is 0 Å². The van der Waals surface area contributed by atoms with Crippen LogP contribution in [0.5, 0.6) is 0 Å². The molecular formula is C14H18ClN3OS. The Morgan fingerprint density at radius 2 is 2.35 bits per heavy atom. The van der Waals surface area contributed by atoms with Crippen molar-refractivity contribution in [2.45, 2.75) is 25.8 Å². The Bertz CT molecular complexity index is 587. The predicted octanol–water partition coefficient (Wildman–Crippen LogP) is 2.94. The number of rotatable bonds is 4. The first kappa shape index (κ1) is 14.2. The molecule has 1 N–H and O–H groups in total. The van der Waals surface area contributed by atoms with Crippen LogP contribution >= 0.6 is 22.9 Å². The van der Waals surface area contributed by atoms with E-state index in [1.807, 2.05) is 11.4 Å². The lowest BCUT2D eigenvalue weighted by molar-refractivity contribution is 0.140. The molecule has 0 amide bonds. The van der Waals surface area contributed by atoms with E-state index < -0.39 is 0 Å². The van der Waals surface area contributed by atoms with Gasteiger partial charge in [-0.2, -0.15) is 0 Å². The summed E-state index contributed by atoms with van der Waals surface area (Å²) in [4.78, 5) is 12.3. The molecule has 3 rings (SSSR count). The zero-order chi connectivity index (χ0) is 13.9.